The molecule has 1 saturated heterocycles. The van der Waals surface area contributed by atoms with E-state index in [1.54, 1.807) is 0 Å². The number of nitrogens with zero attached hydrogens (tertiary/aromatic N) is 1. The van der Waals surface area contributed by atoms with E-state index < -0.39 is 0 Å². The SMILES string of the molecule is CC12CCC(C1)C(C)(C)C2N1CCC(=O)NC1=O. The molecule has 18 heavy (non-hydrogen) atoms. The van der Waals surface area contributed by atoms with Crippen molar-refractivity contribution >= 4 is 11.9 Å². The first-order valence-corrected chi connectivity index (χ1v) is 6.95. The molecule has 0 aromatic heterocycles. The number of imide groups is 1. The number of nitrogens with one attached hydrogen (secondary N) is 1. The van der Waals surface area contributed by atoms with E-state index in [4.69, 9.17) is 0 Å². The van der Waals surface area contributed by atoms with Crippen molar-refractivity contribution in [3.8, 4) is 0 Å². The van der Waals surface area contributed by atoms with Crippen molar-refractivity contribution in [3.05, 3.63) is 0 Å². The molecule has 2 bridgehead atoms. The van der Waals surface area contributed by atoms with Crippen LogP contribution in [0.5, 0.6) is 0 Å². The van der Waals surface area contributed by atoms with Gasteiger partial charge in [-0.05, 0) is 36.0 Å². The van der Waals surface area contributed by atoms with Crippen molar-refractivity contribution in [2.24, 2.45) is 16.7 Å². The van der Waals surface area contributed by atoms with Crippen LogP contribution in [0.15, 0.2) is 0 Å². The number of hydrogen-bond acceptors (Lipinski definition) is 2. The second kappa shape index (κ2) is 3.49. The molecule has 3 aliphatic rings. The third-order valence-electron chi connectivity index (χ3n) is 5.59. The fourth-order valence-electron chi connectivity index (χ4n) is 4.88. The van der Waals surface area contributed by atoms with Gasteiger partial charge < -0.3 is 4.90 Å². The van der Waals surface area contributed by atoms with E-state index in [0.29, 0.717) is 13.0 Å². The molecular formula is C14H22N2O2. The highest BCUT2D eigenvalue weighted by atomic mass is 16.2. The van der Waals surface area contributed by atoms with Gasteiger partial charge in [0, 0.05) is 19.0 Å². The molecule has 0 radical (unpaired) electrons. The van der Waals surface area contributed by atoms with Crippen molar-refractivity contribution in [2.75, 3.05) is 6.54 Å². The van der Waals surface area contributed by atoms with Crippen molar-refractivity contribution in [1.29, 1.82) is 0 Å². The summed E-state index contributed by atoms with van der Waals surface area (Å²) in [5.41, 5.74) is 0.413. The maximum atomic E-state index is 12.1. The molecule has 4 nitrogen and oxygen atoms in total. The summed E-state index contributed by atoms with van der Waals surface area (Å²) in [4.78, 5) is 25.3. The van der Waals surface area contributed by atoms with E-state index in [1.807, 2.05) is 4.90 Å². The third kappa shape index (κ3) is 1.44. The minimum absolute atomic E-state index is 0.137. The fourth-order valence-corrected chi connectivity index (χ4v) is 4.88. The van der Waals surface area contributed by atoms with Gasteiger partial charge in [0.15, 0.2) is 0 Å². The van der Waals surface area contributed by atoms with Gasteiger partial charge in [-0.1, -0.05) is 20.8 Å². The maximum Gasteiger partial charge on any atom is 0.324 e. The molecule has 3 atom stereocenters. The summed E-state index contributed by atoms with van der Waals surface area (Å²) in [6.45, 7) is 7.48. The molecular weight excluding hydrogens is 228 g/mol. The number of rotatable bonds is 1. The van der Waals surface area contributed by atoms with Gasteiger partial charge in [-0.2, -0.15) is 0 Å². The Hall–Kier alpha value is -1.06. The Bertz CT molecular complexity index is 413. The van der Waals surface area contributed by atoms with Gasteiger partial charge in [0.2, 0.25) is 5.91 Å². The molecule has 3 unspecified atom stereocenters. The Morgan fingerprint density at radius 3 is 2.56 bits per heavy atom. The normalized spacial score (nSPS) is 42.3. The molecule has 1 N–H and O–H groups in total. The largest absolute Gasteiger partial charge is 0.324 e. The van der Waals surface area contributed by atoms with Gasteiger partial charge >= 0.3 is 6.03 Å². The third-order valence-corrected chi connectivity index (χ3v) is 5.59. The van der Waals surface area contributed by atoms with Crippen molar-refractivity contribution in [3.63, 3.8) is 0 Å². The van der Waals surface area contributed by atoms with Gasteiger partial charge in [-0.15, -0.1) is 0 Å². The summed E-state index contributed by atoms with van der Waals surface area (Å²) >= 11 is 0. The summed E-state index contributed by atoms with van der Waals surface area (Å²) in [5, 5.41) is 2.47. The first kappa shape index (κ1) is 12.0. The summed E-state index contributed by atoms with van der Waals surface area (Å²) in [6, 6.07) is 0.0925. The standard InChI is InChI=1S/C14H22N2O2/c1-13(2)9-4-6-14(3,8-9)11(13)16-7-5-10(17)15-12(16)18/h9,11H,4-8H2,1-3H3,(H,15,17,18). The van der Waals surface area contributed by atoms with Crippen LogP contribution in [0.2, 0.25) is 0 Å². The fraction of sp³-hybridized carbons (Fsp3) is 0.857. The predicted molar refractivity (Wildman–Crippen MR) is 67.9 cm³/mol. The molecule has 4 heteroatoms. The summed E-state index contributed by atoms with van der Waals surface area (Å²) in [6.07, 6.45) is 4.17. The first-order valence-electron chi connectivity index (χ1n) is 6.95. The molecule has 1 heterocycles. The van der Waals surface area contributed by atoms with E-state index in [2.05, 4.69) is 26.1 Å². The van der Waals surface area contributed by atoms with Crippen LogP contribution in [0, 0.1) is 16.7 Å². The van der Waals surface area contributed by atoms with Gasteiger partial charge in [0.1, 0.15) is 0 Å². The summed E-state index contributed by atoms with van der Waals surface area (Å²) in [7, 11) is 0. The second-order valence-electron chi connectivity index (χ2n) is 7.11. The maximum absolute atomic E-state index is 12.1. The van der Waals surface area contributed by atoms with Gasteiger partial charge in [0.25, 0.3) is 0 Å². The number of hydrogen-bond donors (Lipinski definition) is 1. The lowest BCUT2D eigenvalue weighted by atomic mass is 9.67. The van der Waals surface area contributed by atoms with Crippen LogP contribution in [0.3, 0.4) is 0 Å². The highest BCUT2D eigenvalue weighted by Gasteiger charge is 2.62. The molecule has 2 aliphatic carbocycles. The average molecular weight is 250 g/mol. The number of carbonyl (C=O) groups excluding carboxylic acids is 2. The van der Waals surface area contributed by atoms with Gasteiger partial charge in [-0.25, -0.2) is 4.79 Å². The lowest BCUT2D eigenvalue weighted by Crippen LogP contribution is -2.61. The zero-order valence-corrected chi connectivity index (χ0v) is 11.5. The predicted octanol–water partition coefficient (Wildman–Crippen LogP) is 2.14. The average Bonchev–Trinajstić information content (AvgIpc) is 2.72. The Morgan fingerprint density at radius 1 is 1.28 bits per heavy atom. The van der Waals surface area contributed by atoms with Crippen LogP contribution in [0.25, 0.3) is 0 Å². The van der Waals surface area contributed by atoms with E-state index >= 15 is 0 Å². The van der Waals surface area contributed by atoms with Crippen LogP contribution in [0.1, 0.15) is 46.5 Å². The van der Waals surface area contributed by atoms with Gasteiger partial charge in [0.05, 0.1) is 0 Å². The van der Waals surface area contributed by atoms with Crippen LogP contribution in [-0.4, -0.2) is 29.4 Å². The lowest BCUT2D eigenvalue weighted by molar-refractivity contribution is -0.122. The van der Waals surface area contributed by atoms with E-state index in [-0.39, 0.29) is 28.8 Å². The second-order valence-corrected chi connectivity index (χ2v) is 7.11. The lowest BCUT2D eigenvalue weighted by Gasteiger charge is -2.49. The molecule has 0 aromatic carbocycles. The topological polar surface area (TPSA) is 49.4 Å². The molecule has 3 rings (SSSR count). The van der Waals surface area contributed by atoms with E-state index in [9.17, 15) is 9.59 Å². The molecule has 0 aromatic rings. The van der Waals surface area contributed by atoms with Crippen LogP contribution in [-0.2, 0) is 4.79 Å². The minimum atomic E-state index is -0.182. The smallest absolute Gasteiger partial charge is 0.320 e. The molecule has 0 spiro atoms. The van der Waals surface area contributed by atoms with Crippen molar-refractivity contribution < 1.29 is 9.59 Å². The molecule has 3 amide bonds. The Balaban J connectivity index is 1.91. The zero-order valence-electron chi connectivity index (χ0n) is 11.5. The molecule has 1 aliphatic heterocycles. The summed E-state index contributed by atoms with van der Waals surface area (Å²) in [5.74, 6) is 0.584. The number of amides is 3. The van der Waals surface area contributed by atoms with Crippen molar-refractivity contribution in [2.45, 2.75) is 52.5 Å². The van der Waals surface area contributed by atoms with Crippen LogP contribution in [0.4, 0.5) is 4.79 Å². The van der Waals surface area contributed by atoms with E-state index in [1.165, 1.54) is 19.3 Å². The molecule has 100 valence electrons. The van der Waals surface area contributed by atoms with Crippen LogP contribution < -0.4 is 5.32 Å². The Morgan fingerprint density at radius 2 is 2.00 bits per heavy atom. The Labute approximate surface area is 108 Å². The Kier molecular flexibility index (Phi) is 2.32. The highest BCUT2D eigenvalue weighted by molar-refractivity contribution is 5.96. The molecule has 2 saturated carbocycles. The number of urea groups is 1. The zero-order chi connectivity index (χ0) is 13.1. The highest BCUT2D eigenvalue weighted by Crippen LogP contribution is 2.64. The molecule has 3 fully saturated rings. The van der Waals surface area contributed by atoms with Gasteiger partial charge in [-0.3, -0.25) is 10.1 Å². The summed E-state index contributed by atoms with van der Waals surface area (Å²) < 4.78 is 0. The van der Waals surface area contributed by atoms with E-state index in [0.717, 1.165) is 5.92 Å². The minimum Gasteiger partial charge on any atom is -0.320 e. The van der Waals surface area contributed by atoms with Crippen molar-refractivity contribution in [1.82, 2.24) is 10.2 Å². The number of carbonyl (C=O) groups is 2. The first-order chi connectivity index (χ1) is 8.34. The number of fused-ring (bicyclic) bond motifs is 2. The van der Waals surface area contributed by atoms with Crippen LogP contribution >= 0.6 is 0 Å². The quantitative estimate of drug-likeness (QED) is 0.775. The monoisotopic (exact) mass is 250 g/mol.